The average molecular weight is 367 g/mol. The largest absolute Gasteiger partial charge is 0.360 e. The molecule has 3 rings (SSSR count). The van der Waals surface area contributed by atoms with Crippen LogP contribution >= 0.6 is 23.2 Å². The molecule has 24 heavy (non-hydrogen) atoms. The van der Waals surface area contributed by atoms with Crippen molar-refractivity contribution < 1.29 is 9.32 Å². The summed E-state index contributed by atoms with van der Waals surface area (Å²) < 4.78 is 5.33. The monoisotopic (exact) mass is 366 g/mol. The van der Waals surface area contributed by atoms with Gasteiger partial charge in [-0.15, -0.1) is 0 Å². The van der Waals surface area contributed by atoms with E-state index in [1.54, 1.807) is 25.1 Å². The highest BCUT2D eigenvalue weighted by Crippen LogP contribution is 2.38. The van der Waals surface area contributed by atoms with E-state index in [1.807, 2.05) is 4.90 Å². The number of rotatable bonds is 2. The molecule has 1 aromatic carbocycles. The summed E-state index contributed by atoms with van der Waals surface area (Å²) in [4.78, 5) is 15.2. The third-order valence-electron chi connectivity index (χ3n) is 4.70. The van der Waals surface area contributed by atoms with Crippen molar-refractivity contribution in [3.05, 3.63) is 39.6 Å². The molecule has 1 aromatic heterocycles. The minimum atomic E-state index is -0.0700. The van der Waals surface area contributed by atoms with E-state index in [4.69, 9.17) is 27.7 Å². The summed E-state index contributed by atoms with van der Waals surface area (Å²) in [5, 5.41) is 4.98. The van der Waals surface area contributed by atoms with E-state index >= 15 is 0 Å². The van der Waals surface area contributed by atoms with Gasteiger partial charge in [0.2, 0.25) is 0 Å². The third kappa shape index (κ3) is 2.93. The van der Waals surface area contributed by atoms with Crippen molar-refractivity contribution in [1.29, 1.82) is 0 Å². The van der Waals surface area contributed by atoms with E-state index in [1.165, 1.54) is 0 Å². The molecule has 1 aliphatic heterocycles. The number of carbonyl (C=O) groups excluding carboxylic acids is 1. The van der Waals surface area contributed by atoms with Crippen LogP contribution in [0.1, 0.15) is 49.2 Å². The van der Waals surface area contributed by atoms with Crippen LogP contribution in [0.25, 0.3) is 11.3 Å². The Labute approximate surface area is 151 Å². The second kappa shape index (κ2) is 6.77. The van der Waals surface area contributed by atoms with Crippen molar-refractivity contribution in [1.82, 2.24) is 10.1 Å². The van der Waals surface area contributed by atoms with Gasteiger partial charge in [-0.2, -0.15) is 0 Å². The van der Waals surface area contributed by atoms with Crippen LogP contribution < -0.4 is 0 Å². The van der Waals surface area contributed by atoms with Gasteiger partial charge >= 0.3 is 0 Å². The summed E-state index contributed by atoms with van der Waals surface area (Å²) >= 11 is 12.6. The number of likely N-dealkylation sites (tertiary alicyclic amines) is 1. The van der Waals surface area contributed by atoms with Crippen LogP contribution in [0.5, 0.6) is 0 Å². The Hall–Kier alpha value is -1.52. The predicted octanol–water partition coefficient (Wildman–Crippen LogP) is 5.36. The first-order valence-electron chi connectivity index (χ1n) is 8.15. The Bertz CT molecular complexity index is 742. The van der Waals surface area contributed by atoms with Crippen LogP contribution in [0.3, 0.4) is 0 Å². The number of hydrogen-bond donors (Lipinski definition) is 0. The summed E-state index contributed by atoms with van der Waals surface area (Å²) in [5.74, 6) is 0.412. The first-order chi connectivity index (χ1) is 11.4. The first-order valence-corrected chi connectivity index (χ1v) is 8.90. The van der Waals surface area contributed by atoms with Crippen LogP contribution in [-0.2, 0) is 0 Å². The van der Waals surface area contributed by atoms with E-state index in [0.717, 1.165) is 19.3 Å². The molecule has 0 N–H and O–H groups in total. The molecule has 2 atom stereocenters. The van der Waals surface area contributed by atoms with Crippen LogP contribution in [0.15, 0.2) is 22.7 Å². The van der Waals surface area contributed by atoms with Crippen molar-refractivity contribution in [3.8, 4) is 11.3 Å². The lowest BCUT2D eigenvalue weighted by atomic mass is 9.95. The normalized spacial score (nSPS) is 21.1. The molecule has 1 aliphatic rings. The molecule has 0 bridgehead atoms. The Morgan fingerprint density at radius 1 is 1.21 bits per heavy atom. The molecule has 2 aromatic rings. The summed E-state index contributed by atoms with van der Waals surface area (Å²) in [6.07, 6.45) is 3.14. The van der Waals surface area contributed by atoms with E-state index in [9.17, 15) is 4.79 Å². The number of benzene rings is 1. The van der Waals surface area contributed by atoms with E-state index in [0.29, 0.717) is 32.6 Å². The summed E-state index contributed by atoms with van der Waals surface area (Å²) in [6, 6.07) is 5.59. The maximum Gasteiger partial charge on any atom is 0.260 e. The quantitative estimate of drug-likeness (QED) is 0.718. The molecule has 0 saturated carbocycles. The maximum absolute atomic E-state index is 13.3. The van der Waals surface area contributed by atoms with Crippen LogP contribution in [0.4, 0.5) is 0 Å². The summed E-state index contributed by atoms with van der Waals surface area (Å²) in [6.45, 7) is 5.91. The fourth-order valence-electron chi connectivity index (χ4n) is 3.47. The molecule has 2 heterocycles. The molecule has 1 saturated heterocycles. The number of aryl methyl sites for hydroxylation is 1. The van der Waals surface area contributed by atoms with E-state index in [2.05, 4.69) is 19.0 Å². The topological polar surface area (TPSA) is 46.3 Å². The van der Waals surface area contributed by atoms with E-state index < -0.39 is 0 Å². The van der Waals surface area contributed by atoms with Crippen molar-refractivity contribution >= 4 is 29.1 Å². The number of piperidine rings is 1. The summed E-state index contributed by atoms with van der Waals surface area (Å²) in [7, 11) is 0. The molecule has 6 heteroatoms. The number of halogens is 2. The van der Waals surface area contributed by atoms with Gasteiger partial charge in [-0.05, 0) is 52.2 Å². The van der Waals surface area contributed by atoms with Crippen molar-refractivity contribution in [3.63, 3.8) is 0 Å². The van der Waals surface area contributed by atoms with E-state index in [-0.39, 0.29) is 18.0 Å². The van der Waals surface area contributed by atoms with Gasteiger partial charge in [-0.1, -0.05) is 34.4 Å². The highest BCUT2D eigenvalue weighted by atomic mass is 35.5. The average Bonchev–Trinajstić information content (AvgIpc) is 2.88. The second-order valence-electron chi connectivity index (χ2n) is 6.40. The van der Waals surface area contributed by atoms with Gasteiger partial charge in [0.25, 0.3) is 5.91 Å². The van der Waals surface area contributed by atoms with Gasteiger partial charge in [0.1, 0.15) is 17.0 Å². The highest BCUT2D eigenvalue weighted by molar-refractivity contribution is 6.39. The zero-order valence-corrected chi connectivity index (χ0v) is 15.5. The van der Waals surface area contributed by atoms with Gasteiger partial charge < -0.3 is 9.42 Å². The molecular formula is C18H20Cl2N2O2. The lowest BCUT2D eigenvalue weighted by molar-refractivity contribution is 0.0510. The standard InChI is InChI=1S/C18H20Cl2N2O2/c1-10-6-4-7-11(2)22(10)18(23)15-12(3)24-21-17(15)16-13(19)8-5-9-14(16)20/h5,8-11H,4,6-7H2,1-3H3/t10-,11+. The van der Waals surface area contributed by atoms with Gasteiger partial charge in [0, 0.05) is 17.6 Å². The Balaban J connectivity index is 2.09. The fourth-order valence-corrected chi connectivity index (χ4v) is 4.05. The molecule has 1 fully saturated rings. The summed E-state index contributed by atoms with van der Waals surface area (Å²) in [5.41, 5.74) is 1.40. The first kappa shape index (κ1) is 17.3. The smallest absolute Gasteiger partial charge is 0.260 e. The van der Waals surface area contributed by atoms with Crippen LogP contribution in [-0.4, -0.2) is 28.0 Å². The Kier molecular flexibility index (Phi) is 4.88. The molecule has 128 valence electrons. The second-order valence-corrected chi connectivity index (χ2v) is 7.21. The fraction of sp³-hybridized carbons (Fsp3) is 0.444. The molecule has 0 unspecified atom stereocenters. The number of aromatic nitrogens is 1. The van der Waals surface area contributed by atoms with Gasteiger partial charge in [-0.3, -0.25) is 4.79 Å². The minimum Gasteiger partial charge on any atom is -0.360 e. The molecule has 0 spiro atoms. The SMILES string of the molecule is Cc1onc(-c2c(Cl)cccc2Cl)c1C(=O)N1[C@H](C)CCC[C@@H]1C. The van der Waals surface area contributed by atoms with Gasteiger partial charge in [-0.25, -0.2) is 0 Å². The zero-order valence-electron chi connectivity index (χ0n) is 14.0. The van der Waals surface area contributed by atoms with Gasteiger partial charge in [0.05, 0.1) is 10.0 Å². The number of hydrogen-bond acceptors (Lipinski definition) is 3. The Morgan fingerprint density at radius 2 is 1.79 bits per heavy atom. The molecule has 0 radical (unpaired) electrons. The van der Waals surface area contributed by atoms with Crippen LogP contribution in [0, 0.1) is 6.92 Å². The van der Waals surface area contributed by atoms with Gasteiger partial charge in [0.15, 0.2) is 0 Å². The van der Waals surface area contributed by atoms with Crippen LogP contribution in [0.2, 0.25) is 10.0 Å². The molecular weight excluding hydrogens is 347 g/mol. The van der Waals surface area contributed by atoms with Crippen molar-refractivity contribution in [2.75, 3.05) is 0 Å². The maximum atomic E-state index is 13.3. The molecule has 4 nitrogen and oxygen atoms in total. The predicted molar refractivity (Wildman–Crippen MR) is 95.6 cm³/mol. The number of carbonyl (C=O) groups is 1. The number of nitrogens with zero attached hydrogens (tertiary/aromatic N) is 2. The van der Waals surface area contributed by atoms with Crippen molar-refractivity contribution in [2.45, 2.75) is 52.1 Å². The minimum absolute atomic E-state index is 0.0700. The molecule has 0 aliphatic carbocycles. The lowest BCUT2D eigenvalue weighted by Gasteiger charge is -2.39. The lowest BCUT2D eigenvalue weighted by Crippen LogP contribution is -2.47. The third-order valence-corrected chi connectivity index (χ3v) is 5.33. The Morgan fingerprint density at radius 3 is 2.38 bits per heavy atom. The van der Waals surface area contributed by atoms with Crippen molar-refractivity contribution in [2.24, 2.45) is 0 Å². The highest BCUT2D eigenvalue weighted by Gasteiger charge is 2.34. The zero-order chi connectivity index (χ0) is 17.4. The number of amides is 1. The molecule has 1 amide bonds.